The maximum atomic E-state index is 13.2. The molecule has 0 saturated heterocycles. The van der Waals surface area contributed by atoms with Crippen molar-refractivity contribution in [3.63, 3.8) is 0 Å². The molecule has 1 unspecified atom stereocenters. The van der Waals surface area contributed by atoms with E-state index in [2.05, 4.69) is 0 Å². The Morgan fingerprint density at radius 2 is 1.70 bits per heavy atom. The topological polar surface area (TPSA) is 88.1 Å². The number of ether oxygens (including phenoxy) is 3. The zero-order chi connectivity index (χ0) is 21.3. The van der Waals surface area contributed by atoms with E-state index in [-0.39, 0.29) is 23.2 Å². The molecule has 0 radical (unpaired) electrons. The van der Waals surface area contributed by atoms with Crippen LogP contribution in [0.1, 0.15) is 49.4 Å². The van der Waals surface area contributed by atoms with Crippen LogP contribution in [0.4, 0.5) is 0 Å². The van der Waals surface area contributed by atoms with Crippen molar-refractivity contribution in [2.75, 3.05) is 20.3 Å². The highest BCUT2D eigenvalue weighted by Crippen LogP contribution is 2.55. The molecule has 0 N–H and O–H groups in total. The smallest absolute Gasteiger partial charge is 0.339 e. The quantitative estimate of drug-likeness (QED) is 0.332. The average Bonchev–Trinajstić information content (AvgIpc) is 2.73. The summed E-state index contributed by atoms with van der Waals surface area (Å²) in [4.78, 5) is 12.5. The van der Waals surface area contributed by atoms with Gasteiger partial charge >= 0.3 is 5.97 Å². The van der Waals surface area contributed by atoms with Gasteiger partial charge in [0.15, 0.2) is 6.29 Å². The second-order valence-electron chi connectivity index (χ2n) is 8.66. The summed E-state index contributed by atoms with van der Waals surface area (Å²) >= 11 is 0. The van der Waals surface area contributed by atoms with E-state index in [1.165, 1.54) is 25.7 Å². The molecule has 4 fully saturated rings. The number of carbonyl (C=O) groups is 1. The summed E-state index contributed by atoms with van der Waals surface area (Å²) in [7, 11) is -2.65. The molecule has 4 aliphatic rings. The molecule has 0 aromatic heterocycles. The fourth-order valence-corrected chi connectivity index (χ4v) is 7.05. The Labute approximate surface area is 178 Å². The van der Waals surface area contributed by atoms with Crippen molar-refractivity contribution >= 4 is 16.1 Å². The maximum Gasteiger partial charge on any atom is 0.339 e. The third-order valence-electron chi connectivity index (χ3n) is 6.72. The lowest BCUT2D eigenvalue weighted by Gasteiger charge is -2.53. The van der Waals surface area contributed by atoms with Crippen LogP contribution in [0.3, 0.4) is 0 Å². The molecule has 5 rings (SSSR count). The number of hydrogen-bond acceptors (Lipinski definition) is 7. The van der Waals surface area contributed by atoms with Crippen LogP contribution in [0.15, 0.2) is 29.2 Å². The second kappa shape index (κ2) is 8.94. The third-order valence-corrected chi connectivity index (χ3v) is 8.09. The van der Waals surface area contributed by atoms with Crippen molar-refractivity contribution in [1.29, 1.82) is 0 Å². The van der Waals surface area contributed by atoms with Crippen LogP contribution in [-0.2, 0) is 28.5 Å². The molecular formula is C22H30O7S. The Balaban J connectivity index is 1.49. The SMILES string of the molecule is CCOC(COC(=O)c1ccccc1S(=O)(=O)OC1C2CC3CC(C2)CC1C3)OC. The minimum Gasteiger partial charge on any atom is -0.457 e. The Kier molecular flexibility index (Phi) is 6.48. The van der Waals surface area contributed by atoms with Gasteiger partial charge in [0.2, 0.25) is 0 Å². The first-order valence-electron chi connectivity index (χ1n) is 10.7. The largest absolute Gasteiger partial charge is 0.457 e. The van der Waals surface area contributed by atoms with Gasteiger partial charge in [-0.05, 0) is 74.8 Å². The highest BCUT2D eigenvalue weighted by molar-refractivity contribution is 7.86. The van der Waals surface area contributed by atoms with Gasteiger partial charge in [-0.15, -0.1) is 0 Å². The van der Waals surface area contributed by atoms with Gasteiger partial charge in [0, 0.05) is 13.7 Å². The van der Waals surface area contributed by atoms with E-state index in [4.69, 9.17) is 18.4 Å². The van der Waals surface area contributed by atoms with Crippen LogP contribution in [0, 0.1) is 23.7 Å². The molecule has 7 nitrogen and oxygen atoms in total. The summed E-state index contributed by atoms with van der Waals surface area (Å²) in [5.74, 6) is 1.28. The standard InChI is InChI=1S/C22H30O7S/c1-3-27-20(26-2)13-28-22(23)18-6-4-5-7-19(18)30(24,25)29-21-16-9-14-8-15(11-16)12-17(21)10-14/h4-7,14-17,20-21H,3,8-13H2,1-2H3. The minimum absolute atomic E-state index is 0.0346. The van der Waals surface area contributed by atoms with E-state index < -0.39 is 22.4 Å². The second-order valence-corrected chi connectivity index (χ2v) is 10.2. The number of benzene rings is 1. The molecule has 4 aliphatic carbocycles. The summed E-state index contributed by atoms with van der Waals surface area (Å²) in [5.41, 5.74) is -0.0346. The van der Waals surface area contributed by atoms with Crippen LogP contribution >= 0.6 is 0 Å². The normalized spacial score (nSPS) is 30.9. The molecule has 1 atom stereocenters. The number of hydrogen-bond donors (Lipinski definition) is 0. The van der Waals surface area contributed by atoms with Crippen molar-refractivity contribution in [2.24, 2.45) is 23.7 Å². The molecule has 0 spiro atoms. The lowest BCUT2D eigenvalue weighted by Crippen LogP contribution is -2.50. The maximum absolute atomic E-state index is 13.2. The average molecular weight is 439 g/mol. The first-order chi connectivity index (χ1) is 14.4. The van der Waals surface area contributed by atoms with Crippen LogP contribution in [0.5, 0.6) is 0 Å². The summed E-state index contributed by atoms with van der Waals surface area (Å²) in [5, 5.41) is 0. The van der Waals surface area contributed by atoms with E-state index in [1.54, 1.807) is 19.1 Å². The summed E-state index contributed by atoms with van der Waals surface area (Å²) < 4.78 is 47.7. The molecule has 166 valence electrons. The van der Waals surface area contributed by atoms with E-state index in [0.29, 0.717) is 18.4 Å². The molecule has 30 heavy (non-hydrogen) atoms. The fraction of sp³-hybridized carbons (Fsp3) is 0.682. The van der Waals surface area contributed by atoms with Gasteiger partial charge in [-0.25, -0.2) is 4.79 Å². The lowest BCUT2D eigenvalue weighted by molar-refractivity contribution is -0.144. The minimum atomic E-state index is -4.10. The van der Waals surface area contributed by atoms with Gasteiger partial charge in [0.25, 0.3) is 10.1 Å². The fourth-order valence-electron chi connectivity index (χ4n) is 5.68. The number of rotatable bonds is 9. The summed E-state index contributed by atoms with van der Waals surface area (Å²) in [6.45, 7) is 2.07. The van der Waals surface area contributed by atoms with Crippen LogP contribution in [0.2, 0.25) is 0 Å². The summed E-state index contributed by atoms with van der Waals surface area (Å²) in [6, 6.07) is 6.03. The van der Waals surface area contributed by atoms with Crippen molar-refractivity contribution in [3.8, 4) is 0 Å². The molecule has 4 saturated carbocycles. The molecule has 1 aromatic rings. The first kappa shape index (κ1) is 21.7. The van der Waals surface area contributed by atoms with Gasteiger partial charge in [-0.2, -0.15) is 8.42 Å². The first-order valence-corrected chi connectivity index (χ1v) is 12.2. The predicted molar refractivity (Wildman–Crippen MR) is 108 cm³/mol. The molecule has 1 aromatic carbocycles. The monoisotopic (exact) mass is 438 g/mol. The number of methoxy groups -OCH3 is 1. The predicted octanol–water partition coefficient (Wildman–Crippen LogP) is 3.38. The van der Waals surface area contributed by atoms with E-state index in [1.807, 2.05) is 0 Å². The third kappa shape index (κ3) is 4.42. The molecule has 0 heterocycles. The van der Waals surface area contributed by atoms with Crippen molar-refractivity contribution in [1.82, 2.24) is 0 Å². The number of esters is 1. The highest BCUT2D eigenvalue weighted by Gasteiger charge is 2.50. The zero-order valence-electron chi connectivity index (χ0n) is 17.5. The van der Waals surface area contributed by atoms with Crippen molar-refractivity contribution < 1.29 is 31.6 Å². The van der Waals surface area contributed by atoms with Gasteiger partial charge in [0.1, 0.15) is 11.5 Å². The van der Waals surface area contributed by atoms with E-state index >= 15 is 0 Å². The van der Waals surface area contributed by atoms with Gasteiger partial charge in [-0.3, -0.25) is 4.18 Å². The Hall–Kier alpha value is -1.48. The molecule has 8 heteroatoms. The molecule has 0 aliphatic heterocycles. The van der Waals surface area contributed by atoms with Gasteiger partial charge in [0.05, 0.1) is 11.7 Å². The lowest BCUT2D eigenvalue weighted by atomic mass is 9.55. The Morgan fingerprint density at radius 1 is 1.07 bits per heavy atom. The molecular weight excluding hydrogens is 408 g/mol. The summed E-state index contributed by atoms with van der Waals surface area (Å²) in [6.07, 6.45) is 4.49. The van der Waals surface area contributed by atoms with Gasteiger partial charge < -0.3 is 14.2 Å². The van der Waals surface area contributed by atoms with Crippen molar-refractivity contribution in [2.45, 2.75) is 56.3 Å². The van der Waals surface area contributed by atoms with Crippen LogP contribution in [0.25, 0.3) is 0 Å². The Bertz CT molecular complexity index is 838. The van der Waals surface area contributed by atoms with E-state index in [0.717, 1.165) is 37.5 Å². The Morgan fingerprint density at radius 3 is 2.30 bits per heavy atom. The number of carbonyl (C=O) groups excluding carboxylic acids is 1. The van der Waals surface area contributed by atoms with Crippen LogP contribution in [-0.4, -0.2) is 47.1 Å². The highest BCUT2D eigenvalue weighted by atomic mass is 32.2. The van der Waals surface area contributed by atoms with Crippen molar-refractivity contribution in [3.05, 3.63) is 29.8 Å². The molecule has 0 amide bonds. The van der Waals surface area contributed by atoms with E-state index in [9.17, 15) is 13.2 Å². The zero-order valence-corrected chi connectivity index (χ0v) is 18.3. The molecule has 4 bridgehead atoms. The van der Waals surface area contributed by atoms with Gasteiger partial charge in [-0.1, -0.05) is 12.1 Å². The van der Waals surface area contributed by atoms with Crippen LogP contribution < -0.4 is 0 Å².